The second kappa shape index (κ2) is 40.8. The minimum absolute atomic E-state index is 0.0631. The fourth-order valence-electron chi connectivity index (χ4n) is 16.3. The number of aliphatic hydroxyl groups is 9. The number of aliphatic hydroxyl groups excluding tert-OH is 9. The van der Waals surface area contributed by atoms with Crippen molar-refractivity contribution in [2.24, 2.45) is 17.4 Å². The Balaban J connectivity index is 0.915. The van der Waals surface area contributed by atoms with Crippen molar-refractivity contribution in [3.8, 4) is 57.1 Å². The normalized spacial score (nSPS) is 28.8. The highest BCUT2D eigenvalue weighted by Crippen LogP contribution is 2.51. The predicted molar refractivity (Wildman–Crippen MR) is 461 cm³/mol. The maximum absolute atomic E-state index is 16.4. The number of carbonyl (C=O) groups is 8. The molecule has 0 aliphatic carbocycles. The van der Waals surface area contributed by atoms with E-state index in [4.69, 9.17) is 72.6 Å². The molecule has 23 atom stereocenters. The predicted octanol–water partition coefficient (Wildman–Crippen LogP) is 1.93. The van der Waals surface area contributed by atoms with Crippen molar-refractivity contribution in [1.82, 2.24) is 42.5 Å². The molecule has 7 aromatic rings. The lowest BCUT2D eigenvalue weighted by molar-refractivity contribution is -0.350. The van der Waals surface area contributed by atoms with Crippen LogP contribution in [-0.4, -0.2) is 252 Å². The van der Waals surface area contributed by atoms with Gasteiger partial charge in [0.15, 0.2) is 30.3 Å². The third-order valence-electron chi connectivity index (χ3n) is 23.3. The number of ether oxygens (including phenoxy) is 8. The number of amides is 8. The number of phenolic OH excluding ortho intramolecular Hbond substituents is 3. The summed E-state index contributed by atoms with van der Waals surface area (Å²) in [5.74, 6) is -15.5. The van der Waals surface area contributed by atoms with Crippen LogP contribution in [0.5, 0.6) is 46.0 Å². The molecule has 3 fully saturated rings. The van der Waals surface area contributed by atoms with Crippen molar-refractivity contribution in [3.05, 3.63) is 176 Å². The Bertz CT molecular complexity index is 5550. The molecule has 11 bridgehead atoms. The highest BCUT2D eigenvalue weighted by molar-refractivity contribution is 6.32. The lowest BCUT2D eigenvalue weighted by Crippen LogP contribution is -2.65. The molecule has 8 aliphatic rings. The molecule has 8 heterocycles. The minimum atomic E-state index is -4.78. The number of fused-ring (bicyclic) bond motifs is 15. The Morgan fingerprint density at radius 1 is 0.669 bits per heavy atom. The lowest BCUT2D eigenvalue weighted by Gasteiger charge is -2.46. The first-order valence-corrected chi connectivity index (χ1v) is 42.6. The van der Waals surface area contributed by atoms with E-state index in [0.29, 0.717) is 11.6 Å². The number of rotatable bonds is 21. The number of phenols is 3. The summed E-state index contributed by atoms with van der Waals surface area (Å²) in [4.78, 5) is 121. The van der Waals surface area contributed by atoms with Crippen LogP contribution in [0, 0.1) is 5.92 Å². The van der Waals surface area contributed by atoms with Crippen LogP contribution in [0.25, 0.3) is 11.1 Å². The van der Waals surface area contributed by atoms with E-state index < -0.39 is 290 Å². The molecule has 3 saturated heterocycles. The molecular formula is C88H101Cl2F3N12O28. The van der Waals surface area contributed by atoms with E-state index in [0.717, 1.165) is 72.8 Å². The maximum atomic E-state index is 16.4. The molecule has 0 saturated carbocycles. The summed E-state index contributed by atoms with van der Waals surface area (Å²) in [6, 6.07) is 10.6. The summed E-state index contributed by atoms with van der Waals surface area (Å²) < 4.78 is 92.9. The first-order valence-electron chi connectivity index (χ1n) is 41.9. The van der Waals surface area contributed by atoms with E-state index in [-0.39, 0.29) is 65.5 Å². The lowest BCUT2D eigenvalue weighted by atomic mass is 9.86. The SMILES string of the molecule is CN[C@H](CC(C)C)C(=O)NC1C(=O)NC(CC(N)=O)C(=O)N[C@H]2C(=O)N[C@H]3C(=O)N[C@H](C(=O)N[C@@H](O)c4cc(O)cc(O)c4-c4cc3ccc4O)[C@H](O[C@H]3C[C@](C)(N)[C@@H](O)[C@H](C)O3)c3ccc(c(Cl)c3)Oc3cc2cc(c3O[C@@H]2O[C@H](CO)[C@@H](O[C@@H]3O[C@H](CNCc4cccc(NC(=O)c5cc(N(C)C)cc(C(F)(F)F)c5)c4)[C@H](O)[C@H](O)[C@H]3O)[C@H](O)[C@H]2O)Oc2ccc(cc2Cl)[C@H]1O. The monoisotopic (exact) mass is 1900 g/mol. The highest BCUT2D eigenvalue weighted by atomic mass is 35.5. The summed E-state index contributed by atoms with van der Waals surface area (Å²) >= 11 is 14.5. The second-order valence-corrected chi connectivity index (χ2v) is 34.7. The second-order valence-electron chi connectivity index (χ2n) is 33.9. The smallest absolute Gasteiger partial charge is 0.416 e. The number of alkyl halides is 3. The van der Waals surface area contributed by atoms with Gasteiger partial charge in [0.05, 0.1) is 46.9 Å². The van der Waals surface area contributed by atoms with Crippen molar-refractivity contribution in [3.63, 3.8) is 0 Å². The van der Waals surface area contributed by atoms with Crippen molar-refractivity contribution in [2.75, 3.05) is 44.5 Å². The van der Waals surface area contributed by atoms with Gasteiger partial charge in [0.2, 0.25) is 53.4 Å². The van der Waals surface area contributed by atoms with Gasteiger partial charge in [-0.05, 0) is 146 Å². The number of likely N-dealkylation sites (N-methyl/N-ethyl adjacent to an activating group) is 1. The van der Waals surface area contributed by atoms with E-state index >= 15 is 24.0 Å². The molecule has 7 aromatic carbocycles. The number of nitrogens with one attached hydrogen (secondary N) is 9. The van der Waals surface area contributed by atoms with Crippen LogP contribution in [0.2, 0.25) is 10.0 Å². The van der Waals surface area contributed by atoms with E-state index in [1.165, 1.54) is 76.3 Å². The number of aromatic hydroxyl groups is 3. The number of nitrogens with zero attached hydrogens (tertiary/aromatic N) is 1. The number of hydrogen-bond acceptors (Lipinski definition) is 32. The number of primary amides is 1. The number of hydrogen-bond donors (Lipinski definition) is 23. The summed E-state index contributed by atoms with van der Waals surface area (Å²) in [7, 11) is 4.47. The molecule has 45 heteroatoms. The van der Waals surface area contributed by atoms with Crippen LogP contribution in [0.4, 0.5) is 24.5 Å². The van der Waals surface area contributed by atoms with Gasteiger partial charge in [0.1, 0.15) is 120 Å². The molecule has 2 unspecified atom stereocenters. The number of halogens is 5. The number of anilines is 2. The van der Waals surface area contributed by atoms with Gasteiger partial charge in [-0.1, -0.05) is 67.4 Å². The number of nitrogens with two attached hydrogens (primary N) is 2. The Hall–Kier alpha value is -11.4. The van der Waals surface area contributed by atoms with Gasteiger partial charge in [-0.15, -0.1) is 0 Å². The Morgan fingerprint density at radius 2 is 1.31 bits per heavy atom. The van der Waals surface area contributed by atoms with E-state index in [2.05, 4.69) is 47.9 Å². The first kappa shape index (κ1) is 99.1. The van der Waals surface area contributed by atoms with Gasteiger partial charge in [-0.3, -0.25) is 38.4 Å². The highest BCUT2D eigenvalue weighted by Gasteiger charge is 2.53. The summed E-state index contributed by atoms with van der Waals surface area (Å²) in [5.41, 5.74) is 7.72. The van der Waals surface area contributed by atoms with Crippen molar-refractivity contribution < 1.29 is 151 Å². The molecule has 0 spiro atoms. The van der Waals surface area contributed by atoms with E-state index in [9.17, 15) is 88.8 Å². The average Bonchev–Trinajstić information content (AvgIpc) is 0.847. The van der Waals surface area contributed by atoms with Crippen LogP contribution in [0.1, 0.15) is 127 Å². The van der Waals surface area contributed by atoms with Gasteiger partial charge in [-0.2, -0.15) is 13.2 Å². The first-order chi connectivity index (χ1) is 62.8. The number of benzene rings is 7. The van der Waals surface area contributed by atoms with Crippen molar-refractivity contribution in [2.45, 2.75) is 200 Å². The van der Waals surface area contributed by atoms with Gasteiger partial charge in [0, 0.05) is 78.8 Å². The maximum Gasteiger partial charge on any atom is 0.416 e. The summed E-state index contributed by atoms with van der Waals surface area (Å²) in [5, 5.41) is 163. The van der Waals surface area contributed by atoms with Gasteiger partial charge in [0.25, 0.3) is 5.91 Å². The Kier molecular flexibility index (Phi) is 30.4. The van der Waals surface area contributed by atoms with E-state index in [1.54, 1.807) is 19.9 Å². The molecule has 15 rings (SSSR count). The van der Waals surface area contributed by atoms with Gasteiger partial charge in [-0.25, -0.2) is 0 Å². The van der Waals surface area contributed by atoms with Crippen LogP contribution < -0.4 is 78.4 Å². The fraction of sp³-hybridized carbons (Fsp3) is 0.432. The fourth-order valence-corrected chi connectivity index (χ4v) is 16.7. The Labute approximate surface area is 766 Å². The molecule has 0 radical (unpaired) electrons. The molecule has 133 heavy (non-hydrogen) atoms. The van der Waals surface area contributed by atoms with Gasteiger partial charge >= 0.3 is 6.18 Å². The largest absolute Gasteiger partial charge is 0.508 e. The molecule has 40 nitrogen and oxygen atoms in total. The zero-order valence-corrected chi connectivity index (χ0v) is 73.5. The molecule has 25 N–H and O–H groups in total. The molecular weight excluding hydrogens is 1800 g/mol. The number of carbonyl (C=O) groups excluding carboxylic acids is 8. The average molecular weight is 1900 g/mol. The summed E-state index contributed by atoms with van der Waals surface area (Å²) in [6.45, 7) is 4.96. The third kappa shape index (κ3) is 22.2. The van der Waals surface area contributed by atoms with E-state index in [1.807, 2.05) is 0 Å². The van der Waals surface area contributed by atoms with Crippen molar-refractivity contribution >= 4 is 81.8 Å². The molecule has 0 aromatic heterocycles. The topological polar surface area (TPSA) is 617 Å². The molecule has 8 amide bonds. The molecule has 8 aliphatic heterocycles. The van der Waals surface area contributed by atoms with Crippen LogP contribution in [-0.2, 0) is 70.0 Å². The Morgan fingerprint density at radius 3 is 1.95 bits per heavy atom. The minimum Gasteiger partial charge on any atom is -0.508 e. The van der Waals surface area contributed by atoms with Crippen molar-refractivity contribution in [1.29, 1.82) is 0 Å². The van der Waals surface area contributed by atoms with Gasteiger partial charge < -0.3 is 163 Å². The standard InChI is InChI=1S/C88H101Cl2F3N12O28/c1-34(2)17-50(96-5)79(120)102-65-67(111)38-12-15-54(48(89)22-38)127-56-24-40-25-57(74(56)132-86-72(116)70(114)75(59(33-106)130-86)133-85-71(115)69(113)68(112)58(129-85)32-97-31-36-9-8-10-43(18-36)98-77(118)41-19-42(88(91,92)93)26-44(20-41)105(6)7)128-55-16-13-39(23-49(55)90)73(131-61-30-87(4,95)76(117)35(3)126-61)66-84(125)104-78(119)47-27-45(107)28-53(109)62(47)46-21-37(11-14-52(46)108)63(81(122)103-66)101-82(123)64(40)100-80(121)51(29-60(94)110)99-83(65)124/h8-16,18-28,34-35,50-51,58-59,61,63-73,75-76,78,85-86,96-97,106-109,111-117,119H,17,29-33,95H2,1-7H3,(H2,94,110)(H,98,118)(H,99,124)(H,100,121)(H,101,123)(H,102,120)(H,103,122)(H,104,125)/t35-,50+,51?,58+,59+,61-,63+,64+,65?,66-,67+,68-,69-,70+,71+,72+,73+,75+,76-,78-,85-,86-,87-/m0/s1. The molecule has 716 valence electrons. The van der Waals surface area contributed by atoms with Crippen LogP contribution in [0.3, 0.4) is 0 Å². The zero-order valence-electron chi connectivity index (χ0n) is 72.0. The quantitative estimate of drug-likeness (QED) is 0.0489. The zero-order chi connectivity index (χ0) is 96.6. The third-order valence-corrected chi connectivity index (χ3v) is 23.9. The van der Waals surface area contributed by atoms with Crippen LogP contribution in [0.15, 0.2) is 121 Å². The summed E-state index contributed by atoms with van der Waals surface area (Å²) in [6.07, 6.45) is -37.0. The van der Waals surface area contributed by atoms with Crippen LogP contribution >= 0.6 is 23.2 Å².